The number of hydrogen-bond acceptors (Lipinski definition) is 3. The van der Waals surface area contributed by atoms with Crippen LogP contribution in [0.5, 0.6) is 0 Å². The number of hydrazone groups is 1. The zero-order chi connectivity index (χ0) is 15.2. The molecule has 1 amide bonds. The zero-order valence-electron chi connectivity index (χ0n) is 10.1. The molecule has 0 aromatic heterocycles. The summed E-state index contributed by atoms with van der Waals surface area (Å²) in [4.78, 5) is 19.5. The molecule has 1 atom stereocenters. The maximum atomic E-state index is 10.6. The van der Waals surface area contributed by atoms with Crippen LogP contribution in [0, 0.1) is 0 Å². The van der Waals surface area contributed by atoms with Crippen molar-refractivity contribution in [3.63, 3.8) is 0 Å². The first-order chi connectivity index (χ1) is 9.36. The maximum absolute atomic E-state index is 10.6. The Labute approximate surface area is 112 Å². The molecule has 1 aliphatic heterocycles. The Morgan fingerprint density at radius 1 is 1.35 bits per heavy atom. The van der Waals surface area contributed by atoms with E-state index in [1.807, 2.05) is 30.3 Å². The van der Waals surface area contributed by atoms with E-state index in [-0.39, 0.29) is 6.04 Å². The van der Waals surface area contributed by atoms with E-state index in [4.69, 9.17) is 9.90 Å². The minimum Gasteiger partial charge on any atom is -0.475 e. The molecule has 1 heterocycles. The number of amides is 1. The van der Waals surface area contributed by atoms with E-state index in [1.165, 1.54) is 5.01 Å². The van der Waals surface area contributed by atoms with E-state index in [9.17, 15) is 18.0 Å². The van der Waals surface area contributed by atoms with Gasteiger partial charge in [0.15, 0.2) is 0 Å². The molecule has 1 aromatic carbocycles. The van der Waals surface area contributed by atoms with Gasteiger partial charge in [-0.2, -0.15) is 18.3 Å². The highest BCUT2D eigenvalue weighted by molar-refractivity contribution is 5.73. The minimum absolute atomic E-state index is 0.0960. The monoisotopic (exact) mass is 288 g/mol. The molecular weight excluding hydrogens is 277 g/mol. The Morgan fingerprint density at radius 3 is 2.35 bits per heavy atom. The fourth-order valence-corrected chi connectivity index (χ4v) is 1.49. The summed E-state index contributed by atoms with van der Waals surface area (Å²) in [6.45, 7) is 0. The van der Waals surface area contributed by atoms with E-state index in [1.54, 1.807) is 6.21 Å². The van der Waals surface area contributed by atoms with E-state index in [0.29, 0.717) is 0 Å². The van der Waals surface area contributed by atoms with Gasteiger partial charge in [0.05, 0.1) is 6.04 Å². The third-order valence-corrected chi connectivity index (χ3v) is 2.40. The van der Waals surface area contributed by atoms with Crippen LogP contribution in [0.4, 0.5) is 13.2 Å². The molecule has 108 valence electrons. The van der Waals surface area contributed by atoms with Crippen LogP contribution in [-0.4, -0.2) is 34.9 Å². The summed E-state index contributed by atoms with van der Waals surface area (Å²) < 4.78 is 31.7. The maximum Gasteiger partial charge on any atom is 0.490 e. The van der Waals surface area contributed by atoms with Gasteiger partial charge in [0.25, 0.3) is 0 Å². The average molecular weight is 288 g/mol. The van der Waals surface area contributed by atoms with Gasteiger partial charge in [-0.25, -0.2) is 9.80 Å². The van der Waals surface area contributed by atoms with Crippen LogP contribution < -0.4 is 0 Å². The highest BCUT2D eigenvalue weighted by Gasteiger charge is 2.38. The van der Waals surface area contributed by atoms with E-state index >= 15 is 0 Å². The van der Waals surface area contributed by atoms with Crippen molar-refractivity contribution >= 4 is 18.6 Å². The molecule has 20 heavy (non-hydrogen) atoms. The fraction of sp³-hybridized carbons (Fsp3) is 0.250. The highest BCUT2D eigenvalue weighted by atomic mass is 19.4. The Hall–Kier alpha value is -2.38. The van der Waals surface area contributed by atoms with Crippen molar-refractivity contribution in [1.82, 2.24) is 5.01 Å². The van der Waals surface area contributed by atoms with Gasteiger partial charge in [0.1, 0.15) is 0 Å². The lowest BCUT2D eigenvalue weighted by Crippen LogP contribution is -2.21. The largest absolute Gasteiger partial charge is 0.490 e. The van der Waals surface area contributed by atoms with Gasteiger partial charge in [-0.15, -0.1) is 0 Å². The number of benzene rings is 1. The number of alkyl halides is 3. The number of halogens is 3. The molecule has 0 spiro atoms. The minimum atomic E-state index is -5.08. The topological polar surface area (TPSA) is 70.0 Å². The van der Waals surface area contributed by atoms with Crippen LogP contribution in [0.3, 0.4) is 0 Å². The van der Waals surface area contributed by atoms with Crippen molar-refractivity contribution in [3.8, 4) is 0 Å². The SMILES string of the molecule is O=C(O)C(F)(F)F.O=CN1N=CCC1c1ccccc1. The second kappa shape index (κ2) is 6.69. The molecule has 0 aliphatic carbocycles. The summed E-state index contributed by atoms with van der Waals surface area (Å²) in [5, 5.41) is 12.5. The molecule has 1 aromatic rings. The van der Waals surface area contributed by atoms with Gasteiger partial charge >= 0.3 is 12.1 Å². The number of carboxylic acid groups (broad SMARTS) is 1. The Bertz CT molecular complexity index is 488. The first-order valence-electron chi connectivity index (χ1n) is 5.47. The van der Waals surface area contributed by atoms with Gasteiger partial charge in [-0.05, 0) is 5.56 Å². The Balaban J connectivity index is 0.000000246. The number of carboxylic acids is 1. The van der Waals surface area contributed by atoms with Gasteiger partial charge in [0.2, 0.25) is 6.41 Å². The molecule has 0 fully saturated rings. The number of aliphatic carboxylic acids is 1. The molecule has 1 aliphatic rings. The third-order valence-electron chi connectivity index (χ3n) is 2.40. The van der Waals surface area contributed by atoms with Gasteiger partial charge in [0, 0.05) is 12.6 Å². The second-order valence-electron chi connectivity index (χ2n) is 3.75. The summed E-state index contributed by atoms with van der Waals surface area (Å²) in [7, 11) is 0. The van der Waals surface area contributed by atoms with Crippen molar-refractivity contribution in [2.45, 2.75) is 18.6 Å². The van der Waals surface area contributed by atoms with E-state index in [0.717, 1.165) is 18.4 Å². The quantitative estimate of drug-likeness (QED) is 0.848. The highest BCUT2D eigenvalue weighted by Crippen LogP contribution is 2.25. The van der Waals surface area contributed by atoms with Crippen molar-refractivity contribution in [3.05, 3.63) is 35.9 Å². The number of carbonyl (C=O) groups is 2. The van der Waals surface area contributed by atoms with Gasteiger partial charge in [-0.1, -0.05) is 30.3 Å². The van der Waals surface area contributed by atoms with Crippen molar-refractivity contribution in [1.29, 1.82) is 0 Å². The zero-order valence-corrected chi connectivity index (χ0v) is 10.1. The third kappa shape index (κ3) is 4.38. The number of rotatable bonds is 2. The van der Waals surface area contributed by atoms with Crippen molar-refractivity contribution in [2.24, 2.45) is 5.10 Å². The fourth-order valence-electron chi connectivity index (χ4n) is 1.49. The Morgan fingerprint density at radius 2 is 1.90 bits per heavy atom. The number of hydrogen-bond donors (Lipinski definition) is 1. The van der Waals surface area contributed by atoms with Gasteiger partial charge < -0.3 is 5.11 Å². The predicted molar refractivity (Wildman–Crippen MR) is 63.9 cm³/mol. The molecule has 2 rings (SSSR count). The number of nitrogens with zero attached hydrogens (tertiary/aromatic N) is 2. The summed E-state index contributed by atoms with van der Waals surface area (Å²) in [5.41, 5.74) is 1.13. The lowest BCUT2D eigenvalue weighted by Gasteiger charge is -2.16. The van der Waals surface area contributed by atoms with Gasteiger partial charge in [-0.3, -0.25) is 4.79 Å². The standard InChI is InChI=1S/C10H10N2O.C2HF3O2/c13-8-12-10(6-7-11-12)9-4-2-1-3-5-9;3-2(4,5)1(6)7/h1-5,7-8,10H,6H2;(H,6,7). The van der Waals surface area contributed by atoms with Crippen LogP contribution >= 0.6 is 0 Å². The van der Waals surface area contributed by atoms with Crippen molar-refractivity contribution in [2.75, 3.05) is 0 Å². The van der Waals surface area contributed by atoms with Crippen LogP contribution in [0.2, 0.25) is 0 Å². The molecule has 0 saturated carbocycles. The first-order valence-corrected chi connectivity index (χ1v) is 5.47. The molecular formula is C12H11F3N2O3. The number of carbonyl (C=O) groups excluding carboxylic acids is 1. The lowest BCUT2D eigenvalue weighted by atomic mass is 10.1. The van der Waals surface area contributed by atoms with Crippen LogP contribution in [-0.2, 0) is 9.59 Å². The molecule has 0 bridgehead atoms. The molecule has 5 nitrogen and oxygen atoms in total. The summed E-state index contributed by atoms with van der Waals surface area (Å²) in [6, 6.07) is 10.0. The normalized spacial score (nSPS) is 17.4. The lowest BCUT2D eigenvalue weighted by molar-refractivity contribution is -0.192. The van der Waals surface area contributed by atoms with E-state index in [2.05, 4.69) is 5.10 Å². The summed E-state index contributed by atoms with van der Waals surface area (Å²) >= 11 is 0. The average Bonchev–Trinajstić information content (AvgIpc) is 2.87. The van der Waals surface area contributed by atoms with E-state index < -0.39 is 12.1 Å². The molecule has 0 radical (unpaired) electrons. The predicted octanol–water partition coefficient (Wildman–Crippen LogP) is 2.21. The molecule has 1 N–H and O–H groups in total. The van der Waals surface area contributed by atoms with Crippen LogP contribution in [0.1, 0.15) is 18.0 Å². The van der Waals surface area contributed by atoms with Crippen LogP contribution in [0.25, 0.3) is 0 Å². The smallest absolute Gasteiger partial charge is 0.475 e. The molecule has 1 unspecified atom stereocenters. The summed E-state index contributed by atoms with van der Waals surface area (Å²) in [6.07, 6.45) is -1.74. The second-order valence-corrected chi connectivity index (χ2v) is 3.75. The van der Waals surface area contributed by atoms with Crippen LogP contribution in [0.15, 0.2) is 35.4 Å². The molecule has 8 heteroatoms. The first kappa shape index (κ1) is 15.7. The summed E-state index contributed by atoms with van der Waals surface area (Å²) in [5.74, 6) is -2.76. The van der Waals surface area contributed by atoms with Crippen molar-refractivity contribution < 1.29 is 27.9 Å². The molecule has 0 saturated heterocycles. The Kier molecular flexibility index (Phi) is 5.24.